The zero-order valence-corrected chi connectivity index (χ0v) is 16.6. The fourth-order valence-electron chi connectivity index (χ4n) is 2.89. The van der Waals surface area contributed by atoms with E-state index in [4.69, 9.17) is 16.7 Å². The molecule has 30 heavy (non-hydrogen) atoms. The highest BCUT2D eigenvalue weighted by Gasteiger charge is 2.31. The van der Waals surface area contributed by atoms with Gasteiger partial charge in [-0.1, -0.05) is 11.6 Å². The number of rotatable bonds is 7. The maximum atomic E-state index is 13.2. The molecular formula is C18H14ClF3N2O5S. The first-order chi connectivity index (χ1) is 14.0. The molecular weight excluding hydrogens is 449 g/mol. The highest BCUT2D eigenvalue weighted by atomic mass is 35.5. The number of carbonyl (C=O) groups is 1. The number of hydrogen-bond donors (Lipinski definition) is 1. The predicted octanol–water partition coefficient (Wildman–Crippen LogP) is 4.23. The van der Waals surface area contributed by atoms with E-state index in [1.54, 1.807) is 0 Å². The molecule has 0 saturated carbocycles. The first-order valence-corrected chi connectivity index (χ1v) is 10.3. The lowest BCUT2D eigenvalue weighted by Crippen LogP contribution is -2.18. The minimum Gasteiger partial charge on any atom is -0.481 e. The monoisotopic (exact) mass is 462 g/mol. The Morgan fingerprint density at radius 1 is 1.17 bits per heavy atom. The van der Waals surface area contributed by atoms with E-state index in [0.29, 0.717) is 0 Å². The van der Waals surface area contributed by atoms with Gasteiger partial charge >= 0.3 is 12.3 Å². The molecule has 7 nitrogen and oxygen atoms in total. The molecule has 2 aromatic heterocycles. The predicted molar refractivity (Wildman–Crippen MR) is 101 cm³/mol. The van der Waals surface area contributed by atoms with Crippen molar-refractivity contribution in [2.75, 3.05) is 0 Å². The molecule has 160 valence electrons. The van der Waals surface area contributed by atoms with Crippen LogP contribution < -0.4 is 4.74 Å². The molecule has 0 unspecified atom stereocenters. The van der Waals surface area contributed by atoms with Crippen LogP contribution in [0.2, 0.25) is 5.15 Å². The second-order valence-corrected chi connectivity index (χ2v) is 8.38. The van der Waals surface area contributed by atoms with Crippen LogP contribution in [0.15, 0.2) is 47.4 Å². The van der Waals surface area contributed by atoms with Gasteiger partial charge in [0, 0.05) is 12.1 Å². The zero-order chi connectivity index (χ0) is 22.1. The number of ether oxygens (including phenoxy) is 1. The van der Waals surface area contributed by atoms with Crippen molar-refractivity contribution in [3.63, 3.8) is 0 Å². The summed E-state index contributed by atoms with van der Waals surface area (Å²) in [7, 11) is -4.23. The summed E-state index contributed by atoms with van der Waals surface area (Å²) in [5, 5.41) is 8.98. The number of carboxylic acid groups (broad SMARTS) is 1. The number of alkyl halides is 3. The molecule has 1 aromatic carbocycles. The molecule has 0 bridgehead atoms. The van der Waals surface area contributed by atoms with Crippen molar-refractivity contribution in [2.24, 2.45) is 0 Å². The molecule has 0 spiro atoms. The van der Waals surface area contributed by atoms with Gasteiger partial charge in [-0.3, -0.25) is 4.79 Å². The van der Waals surface area contributed by atoms with Gasteiger partial charge in [-0.2, -0.15) is 0 Å². The Labute approximate surface area is 173 Å². The highest BCUT2D eigenvalue weighted by Crippen LogP contribution is 2.29. The van der Waals surface area contributed by atoms with Crippen molar-refractivity contribution in [1.29, 1.82) is 0 Å². The van der Waals surface area contributed by atoms with Crippen LogP contribution in [0.4, 0.5) is 13.2 Å². The number of aryl methyl sites for hydroxylation is 1. The van der Waals surface area contributed by atoms with Gasteiger partial charge in [0.15, 0.2) is 0 Å². The Morgan fingerprint density at radius 3 is 2.43 bits per heavy atom. The Bertz CT molecular complexity index is 1190. The molecule has 0 fully saturated rings. The zero-order valence-electron chi connectivity index (χ0n) is 15.1. The molecule has 2 heterocycles. The molecule has 1 N–H and O–H groups in total. The van der Waals surface area contributed by atoms with Crippen LogP contribution in [0.25, 0.3) is 11.0 Å². The van der Waals surface area contributed by atoms with E-state index in [1.807, 2.05) is 0 Å². The summed E-state index contributed by atoms with van der Waals surface area (Å²) in [6.07, 6.45) is -4.78. The molecule has 0 amide bonds. The third-order valence-electron chi connectivity index (χ3n) is 4.07. The molecule has 12 heteroatoms. The number of benzene rings is 1. The number of carboxylic acids is 1. The van der Waals surface area contributed by atoms with E-state index in [9.17, 15) is 26.4 Å². The molecule has 0 atom stereocenters. The number of pyridine rings is 1. The Kier molecular flexibility index (Phi) is 5.95. The smallest absolute Gasteiger partial charge is 0.481 e. The summed E-state index contributed by atoms with van der Waals surface area (Å²) in [4.78, 5) is 14.6. The first-order valence-electron chi connectivity index (χ1n) is 8.47. The lowest BCUT2D eigenvalue weighted by molar-refractivity contribution is -0.274. The Balaban J connectivity index is 2.05. The number of hydrogen-bond acceptors (Lipinski definition) is 5. The topological polar surface area (TPSA) is 98.5 Å². The number of halogens is 4. The maximum Gasteiger partial charge on any atom is 0.573 e. The van der Waals surface area contributed by atoms with Crippen LogP contribution in [0.5, 0.6) is 5.75 Å². The van der Waals surface area contributed by atoms with Crippen LogP contribution in [-0.2, 0) is 21.2 Å². The molecule has 0 radical (unpaired) electrons. The summed E-state index contributed by atoms with van der Waals surface area (Å²) >= 11 is 5.87. The van der Waals surface area contributed by atoms with Crippen molar-refractivity contribution in [3.8, 4) is 5.75 Å². The van der Waals surface area contributed by atoms with Crippen molar-refractivity contribution in [2.45, 2.75) is 30.5 Å². The minimum atomic E-state index is -4.90. The molecule has 0 saturated heterocycles. The van der Waals surface area contributed by atoms with Gasteiger partial charge < -0.3 is 9.84 Å². The molecule has 3 rings (SSSR count). The van der Waals surface area contributed by atoms with Gasteiger partial charge in [0.05, 0.1) is 15.9 Å². The quantitative estimate of drug-likeness (QED) is 0.527. The van der Waals surface area contributed by atoms with Crippen LogP contribution in [0, 0.1) is 0 Å². The summed E-state index contributed by atoms with van der Waals surface area (Å²) in [5.74, 6) is -1.59. The van der Waals surface area contributed by atoms with E-state index in [-0.39, 0.29) is 46.0 Å². The average molecular weight is 463 g/mol. The largest absolute Gasteiger partial charge is 0.573 e. The summed E-state index contributed by atoms with van der Waals surface area (Å²) < 4.78 is 68.2. The van der Waals surface area contributed by atoms with Crippen LogP contribution in [0.3, 0.4) is 0 Å². The van der Waals surface area contributed by atoms with Crippen molar-refractivity contribution in [3.05, 3.63) is 53.3 Å². The van der Waals surface area contributed by atoms with Crippen molar-refractivity contribution >= 4 is 38.6 Å². The van der Waals surface area contributed by atoms with E-state index in [0.717, 1.165) is 28.2 Å². The lowest BCUT2D eigenvalue weighted by atomic mass is 10.2. The second kappa shape index (κ2) is 8.15. The average Bonchev–Trinajstić information content (AvgIpc) is 2.98. The number of nitrogens with zero attached hydrogens (tertiary/aromatic N) is 2. The fourth-order valence-corrected chi connectivity index (χ4v) is 4.60. The van der Waals surface area contributed by atoms with Crippen LogP contribution in [0.1, 0.15) is 18.5 Å². The molecule has 0 aliphatic rings. The number of fused-ring (bicyclic) bond motifs is 1. The van der Waals surface area contributed by atoms with Gasteiger partial charge in [-0.15, -0.1) is 13.2 Å². The third-order valence-corrected chi connectivity index (χ3v) is 6.06. The van der Waals surface area contributed by atoms with E-state index < -0.39 is 28.1 Å². The second-order valence-electron chi connectivity index (χ2n) is 6.21. The maximum absolute atomic E-state index is 13.2. The fraction of sp³-hybridized carbons (Fsp3) is 0.222. The normalized spacial score (nSPS) is 12.3. The minimum absolute atomic E-state index is 0.120. The van der Waals surface area contributed by atoms with Crippen LogP contribution >= 0.6 is 11.6 Å². The number of aliphatic carboxylic acids is 1. The SMILES string of the molecule is O=C(O)CCCc1cc2nc(Cl)ccc2n1S(=O)(=O)c1ccc(OC(F)(F)F)cc1. The highest BCUT2D eigenvalue weighted by molar-refractivity contribution is 7.90. The van der Waals surface area contributed by atoms with Gasteiger partial charge in [-0.25, -0.2) is 17.4 Å². The van der Waals surface area contributed by atoms with Crippen LogP contribution in [-0.4, -0.2) is 34.8 Å². The van der Waals surface area contributed by atoms with Gasteiger partial charge in [-0.05, 0) is 55.3 Å². The Hall–Kier alpha value is -2.79. The first kappa shape index (κ1) is 21.9. The summed E-state index contributed by atoms with van der Waals surface area (Å²) in [6.45, 7) is 0. The molecule has 0 aliphatic carbocycles. The standard InChI is InChI=1S/C18H14ClF3N2O5S/c19-16-9-8-15-14(23-16)10-11(2-1-3-17(25)26)24(15)30(27,28)13-6-4-12(5-7-13)29-18(20,21)22/h4-10H,1-3H2,(H,25,26). The van der Waals surface area contributed by atoms with Gasteiger partial charge in [0.1, 0.15) is 10.9 Å². The number of aromatic nitrogens is 2. The van der Waals surface area contributed by atoms with Crippen molar-refractivity contribution < 1.29 is 36.2 Å². The van der Waals surface area contributed by atoms with E-state index in [1.165, 1.54) is 18.2 Å². The molecule has 3 aromatic rings. The van der Waals surface area contributed by atoms with Gasteiger partial charge in [0.25, 0.3) is 10.0 Å². The molecule has 0 aliphatic heterocycles. The van der Waals surface area contributed by atoms with E-state index in [2.05, 4.69) is 9.72 Å². The Morgan fingerprint density at radius 2 is 1.83 bits per heavy atom. The van der Waals surface area contributed by atoms with Crippen molar-refractivity contribution in [1.82, 2.24) is 8.96 Å². The van der Waals surface area contributed by atoms with Gasteiger partial charge in [0.2, 0.25) is 0 Å². The third kappa shape index (κ3) is 4.85. The summed E-state index contributed by atoms with van der Waals surface area (Å²) in [6, 6.07) is 8.11. The van der Waals surface area contributed by atoms with E-state index >= 15 is 0 Å². The lowest BCUT2D eigenvalue weighted by Gasteiger charge is -2.13. The summed E-state index contributed by atoms with van der Waals surface area (Å²) in [5.41, 5.74) is 0.769.